The van der Waals surface area contributed by atoms with Crippen molar-refractivity contribution < 1.29 is 0 Å². The van der Waals surface area contributed by atoms with Gasteiger partial charge in [-0.1, -0.05) is 13.8 Å². The van der Waals surface area contributed by atoms with Crippen molar-refractivity contribution in [1.82, 2.24) is 0 Å². The van der Waals surface area contributed by atoms with E-state index in [9.17, 15) is 0 Å². The molecule has 2 nitrogen and oxygen atoms in total. The quantitative estimate of drug-likeness (QED) is 0.468. The van der Waals surface area contributed by atoms with E-state index in [4.69, 9.17) is 11.5 Å². The Hall–Kier alpha value is -0.0800. The molecule has 4 N–H and O–H groups in total. The smallest absolute Gasteiger partial charge is 0.0245 e. The molecule has 0 bridgehead atoms. The Balaban J connectivity index is 2.47. The van der Waals surface area contributed by atoms with Crippen molar-refractivity contribution in [1.29, 1.82) is 0 Å². The summed E-state index contributed by atoms with van der Waals surface area (Å²) in [7, 11) is 0. The lowest BCUT2D eigenvalue weighted by atomic mass is 9.64. The van der Waals surface area contributed by atoms with Crippen molar-refractivity contribution in [2.75, 3.05) is 0 Å². The molecule has 0 unspecified atom stereocenters. The highest BCUT2D eigenvalue weighted by Gasteiger charge is 2.42. The second-order valence-electron chi connectivity index (χ2n) is 3.38. The summed E-state index contributed by atoms with van der Waals surface area (Å²) in [6.45, 7) is 4.31. The van der Waals surface area contributed by atoms with E-state index in [1.807, 2.05) is 0 Å². The summed E-state index contributed by atoms with van der Waals surface area (Å²) < 4.78 is 0. The fourth-order valence-electron chi connectivity index (χ4n) is 1.29. The van der Waals surface area contributed by atoms with Gasteiger partial charge in [0.05, 0.1) is 0 Å². The van der Waals surface area contributed by atoms with Gasteiger partial charge < -0.3 is 11.5 Å². The van der Waals surface area contributed by atoms with E-state index in [0.29, 0.717) is 5.41 Å². The molecule has 0 aromatic rings. The van der Waals surface area contributed by atoms with E-state index in [0.717, 1.165) is 6.42 Å². The van der Waals surface area contributed by atoms with Crippen LogP contribution in [0.25, 0.3) is 0 Å². The highest BCUT2D eigenvalue weighted by atomic mass is 14.9. The average Bonchev–Trinajstić information content (AvgIpc) is 1.65. The Bertz CT molecular complexity index is 98.7. The summed E-state index contributed by atoms with van der Waals surface area (Å²) in [6.07, 6.45) is 1.08. The van der Waals surface area contributed by atoms with Crippen LogP contribution in [0.5, 0.6) is 0 Å². The van der Waals surface area contributed by atoms with Gasteiger partial charge >= 0.3 is 0 Å². The minimum atomic E-state index is 0.225. The van der Waals surface area contributed by atoms with Gasteiger partial charge in [0.1, 0.15) is 0 Å². The molecular formula is C6H14N2. The van der Waals surface area contributed by atoms with E-state index >= 15 is 0 Å². The SMILES string of the molecule is CC1(C)C[C@@H](N)[C@H]1N. The molecule has 0 spiro atoms. The first-order valence-corrected chi connectivity index (χ1v) is 3.05. The summed E-state index contributed by atoms with van der Waals surface area (Å²) in [4.78, 5) is 0. The Kier molecular flexibility index (Phi) is 1.10. The van der Waals surface area contributed by atoms with E-state index < -0.39 is 0 Å². The minimum absolute atomic E-state index is 0.225. The molecule has 1 aliphatic carbocycles. The molecule has 0 aliphatic heterocycles. The molecule has 0 saturated heterocycles. The Morgan fingerprint density at radius 1 is 1.38 bits per heavy atom. The van der Waals surface area contributed by atoms with Gasteiger partial charge in [0.2, 0.25) is 0 Å². The molecule has 1 rings (SSSR count). The third-order valence-electron chi connectivity index (χ3n) is 2.13. The molecule has 2 atom stereocenters. The Morgan fingerprint density at radius 2 is 1.88 bits per heavy atom. The van der Waals surface area contributed by atoms with Crippen LogP contribution >= 0.6 is 0 Å². The van der Waals surface area contributed by atoms with Crippen molar-refractivity contribution in [2.45, 2.75) is 32.4 Å². The fourth-order valence-corrected chi connectivity index (χ4v) is 1.29. The third kappa shape index (κ3) is 0.644. The van der Waals surface area contributed by atoms with Crippen LogP contribution in [-0.2, 0) is 0 Å². The first-order chi connectivity index (χ1) is 3.54. The van der Waals surface area contributed by atoms with Crippen molar-refractivity contribution >= 4 is 0 Å². The summed E-state index contributed by atoms with van der Waals surface area (Å²) in [6, 6.07) is 0.479. The Morgan fingerprint density at radius 3 is 1.88 bits per heavy atom. The number of nitrogens with two attached hydrogens (primary N) is 2. The molecule has 0 amide bonds. The second kappa shape index (κ2) is 1.45. The van der Waals surface area contributed by atoms with E-state index in [2.05, 4.69) is 13.8 Å². The van der Waals surface area contributed by atoms with Crippen LogP contribution in [0.3, 0.4) is 0 Å². The molecule has 0 aromatic carbocycles. The van der Waals surface area contributed by atoms with Gasteiger partial charge in [-0.2, -0.15) is 0 Å². The second-order valence-corrected chi connectivity index (χ2v) is 3.38. The van der Waals surface area contributed by atoms with Crippen LogP contribution in [0.1, 0.15) is 20.3 Å². The van der Waals surface area contributed by atoms with E-state index in [-0.39, 0.29) is 12.1 Å². The standard InChI is InChI=1S/C6H14N2/c1-6(2)3-4(7)5(6)8/h4-5H,3,7-8H2,1-2H3/t4-,5-/m1/s1. The molecule has 1 aliphatic rings. The lowest BCUT2D eigenvalue weighted by Gasteiger charge is -2.47. The average molecular weight is 114 g/mol. The molecule has 48 valence electrons. The zero-order chi connectivity index (χ0) is 6.36. The van der Waals surface area contributed by atoms with Crippen LogP contribution in [-0.4, -0.2) is 12.1 Å². The van der Waals surface area contributed by atoms with Gasteiger partial charge in [0, 0.05) is 12.1 Å². The lowest BCUT2D eigenvalue weighted by Crippen LogP contribution is -2.62. The first kappa shape index (κ1) is 6.05. The molecule has 0 radical (unpaired) electrons. The van der Waals surface area contributed by atoms with E-state index in [1.165, 1.54) is 0 Å². The molecule has 2 heteroatoms. The van der Waals surface area contributed by atoms with Crippen LogP contribution in [0.2, 0.25) is 0 Å². The largest absolute Gasteiger partial charge is 0.326 e. The van der Waals surface area contributed by atoms with Gasteiger partial charge in [-0.3, -0.25) is 0 Å². The fraction of sp³-hybridized carbons (Fsp3) is 1.00. The van der Waals surface area contributed by atoms with Crippen molar-refractivity contribution in [3.63, 3.8) is 0 Å². The topological polar surface area (TPSA) is 52.0 Å². The van der Waals surface area contributed by atoms with Crippen molar-refractivity contribution in [3.8, 4) is 0 Å². The van der Waals surface area contributed by atoms with Gasteiger partial charge in [-0.05, 0) is 11.8 Å². The maximum atomic E-state index is 5.67. The van der Waals surface area contributed by atoms with Gasteiger partial charge in [-0.15, -0.1) is 0 Å². The maximum absolute atomic E-state index is 5.67. The summed E-state index contributed by atoms with van der Waals surface area (Å²) in [5.41, 5.74) is 11.6. The zero-order valence-corrected chi connectivity index (χ0v) is 5.52. The number of rotatable bonds is 0. The molecule has 0 heterocycles. The predicted octanol–water partition coefficient (Wildman–Crippen LogP) is 0.0709. The van der Waals surface area contributed by atoms with Gasteiger partial charge in [0.15, 0.2) is 0 Å². The van der Waals surface area contributed by atoms with Crippen LogP contribution < -0.4 is 11.5 Å². The predicted molar refractivity (Wildman–Crippen MR) is 34.3 cm³/mol. The van der Waals surface area contributed by atoms with E-state index in [1.54, 1.807) is 0 Å². The summed E-state index contributed by atoms with van der Waals surface area (Å²) in [5, 5.41) is 0. The monoisotopic (exact) mass is 114 g/mol. The Labute approximate surface area is 50.2 Å². The summed E-state index contributed by atoms with van der Waals surface area (Å²) in [5.74, 6) is 0. The molecule has 8 heavy (non-hydrogen) atoms. The van der Waals surface area contributed by atoms with Gasteiger partial charge in [-0.25, -0.2) is 0 Å². The summed E-state index contributed by atoms with van der Waals surface area (Å²) >= 11 is 0. The van der Waals surface area contributed by atoms with Crippen LogP contribution in [0.15, 0.2) is 0 Å². The van der Waals surface area contributed by atoms with Crippen molar-refractivity contribution in [3.05, 3.63) is 0 Å². The number of hydrogen-bond acceptors (Lipinski definition) is 2. The molecular weight excluding hydrogens is 100 g/mol. The highest BCUT2D eigenvalue weighted by molar-refractivity contribution is 5.01. The van der Waals surface area contributed by atoms with Crippen LogP contribution in [0.4, 0.5) is 0 Å². The number of hydrogen-bond donors (Lipinski definition) is 2. The minimum Gasteiger partial charge on any atom is -0.326 e. The molecule has 1 fully saturated rings. The molecule has 1 saturated carbocycles. The zero-order valence-electron chi connectivity index (χ0n) is 5.52. The molecule has 0 aromatic heterocycles. The lowest BCUT2D eigenvalue weighted by molar-refractivity contribution is 0.110. The van der Waals surface area contributed by atoms with Gasteiger partial charge in [0.25, 0.3) is 0 Å². The first-order valence-electron chi connectivity index (χ1n) is 3.05. The van der Waals surface area contributed by atoms with Crippen LogP contribution in [0, 0.1) is 5.41 Å². The maximum Gasteiger partial charge on any atom is 0.0245 e. The highest BCUT2D eigenvalue weighted by Crippen LogP contribution is 2.37. The van der Waals surface area contributed by atoms with Crippen molar-refractivity contribution in [2.24, 2.45) is 16.9 Å². The normalized spacial score (nSPS) is 43.5. The third-order valence-corrected chi connectivity index (χ3v) is 2.13.